The molecule has 0 spiro atoms. The summed E-state index contributed by atoms with van der Waals surface area (Å²) in [6.45, 7) is 1.60. The lowest BCUT2D eigenvalue weighted by atomic mass is 9.83. The molecule has 4 heterocycles. The van der Waals surface area contributed by atoms with Gasteiger partial charge >= 0.3 is 0 Å². The third-order valence-corrected chi connectivity index (χ3v) is 5.80. The first-order valence-electron chi connectivity index (χ1n) is 9.21. The van der Waals surface area contributed by atoms with E-state index in [0.717, 1.165) is 23.0 Å². The fraction of sp³-hybridized carbons (Fsp3) is 0.286. The molecule has 1 fully saturated rings. The van der Waals surface area contributed by atoms with Crippen LogP contribution in [0, 0.1) is 5.92 Å². The fourth-order valence-corrected chi connectivity index (χ4v) is 4.58. The van der Waals surface area contributed by atoms with Crippen LogP contribution >= 0.6 is 0 Å². The Balaban J connectivity index is 1.44. The third-order valence-electron chi connectivity index (χ3n) is 5.80. The molecule has 0 saturated carbocycles. The maximum absolute atomic E-state index is 12.9. The quantitative estimate of drug-likeness (QED) is 0.561. The van der Waals surface area contributed by atoms with Crippen LogP contribution in [0.15, 0.2) is 53.5 Å². The molecule has 136 valence electrons. The summed E-state index contributed by atoms with van der Waals surface area (Å²) in [6, 6.07) is 12.8. The van der Waals surface area contributed by atoms with Crippen molar-refractivity contribution < 1.29 is 9.59 Å². The zero-order chi connectivity index (χ0) is 18.5. The van der Waals surface area contributed by atoms with E-state index in [2.05, 4.69) is 4.98 Å². The van der Waals surface area contributed by atoms with Crippen LogP contribution in [-0.4, -0.2) is 39.2 Å². The lowest BCUT2D eigenvalue weighted by molar-refractivity contribution is -0.129. The Morgan fingerprint density at radius 2 is 1.85 bits per heavy atom. The number of hydrogen-bond donors (Lipinski definition) is 1. The van der Waals surface area contributed by atoms with E-state index in [1.807, 2.05) is 34.9 Å². The molecule has 2 aliphatic heterocycles. The van der Waals surface area contributed by atoms with Crippen LogP contribution in [0.3, 0.4) is 0 Å². The van der Waals surface area contributed by atoms with E-state index < -0.39 is 11.7 Å². The van der Waals surface area contributed by atoms with Crippen molar-refractivity contribution in [2.45, 2.75) is 18.9 Å². The van der Waals surface area contributed by atoms with Gasteiger partial charge in [0.1, 0.15) is 0 Å². The summed E-state index contributed by atoms with van der Waals surface area (Å²) >= 11 is 0. The van der Waals surface area contributed by atoms with Gasteiger partial charge in [0.05, 0.1) is 5.56 Å². The van der Waals surface area contributed by atoms with Crippen LogP contribution in [0.4, 0.5) is 0 Å². The Kier molecular flexibility index (Phi) is 3.53. The average molecular weight is 361 g/mol. The summed E-state index contributed by atoms with van der Waals surface area (Å²) in [7, 11) is 0. The van der Waals surface area contributed by atoms with E-state index in [-0.39, 0.29) is 17.4 Å². The molecule has 1 saturated heterocycles. The number of carbonyl (C=O) groups is 2. The van der Waals surface area contributed by atoms with Crippen LogP contribution in [0.25, 0.3) is 10.9 Å². The molecule has 5 rings (SSSR count). The van der Waals surface area contributed by atoms with Crippen molar-refractivity contribution in [1.82, 2.24) is 14.5 Å². The summed E-state index contributed by atoms with van der Waals surface area (Å²) in [5, 5.41) is 0.768. The Morgan fingerprint density at radius 1 is 1.00 bits per heavy atom. The molecule has 2 aliphatic rings. The number of pyridine rings is 1. The highest BCUT2D eigenvalue weighted by atomic mass is 16.2. The predicted octanol–water partition coefficient (Wildman–Crippen LogP) is 2.16. The molecule has 3 aromatic rings. The molecule has 2 bridgehead atoms. The molecule has 6 heteroatoms. The molecule has 0 aliphatic carbocycles. The first-order valence-corrected chi connectivity index (χ1v) is 9.21. The number of carbonyl (C=O) groups excluding carboxylic acids is 2. The summed E-state index contributed by atoms with van der Waals surface area (Å²) in [4.78, 5) is 42.7. The van der Waals surface area contributed by atoms with E-state index in [0.29, 0.717) is 25.2 Å². The predicted molar refractivity (Wildman–Crippen MR) is 101 cm³/mol. The first kappa shape index (κ1) is 16.1. The topological polar surface area (TPSA) is 75.2 Å². The highest BCUT2D eigenvalue weighted by Gasteiger charge is 2.38. The highest BCUT2D eigenvalue weighted by Crippen LogP contribution is 2.35. The number of hydrogen-bond acceptors (Lipinski definition) is 3. The average Bonchev–Trinajstić information content (AvgIpc) is 3.12. The van der Waals surface area contributed by atoms with Gasteiger partial charge in [-0.2, -0.15) is 0 Å². The standard InChI is InChI=1S/C21H19N3O3/c25-19-7-3-6-18-14-8-13(11-24(18)19)10-23(12-14)21(27)20(26)16-9-22-17-5-2-1-4-15(16)17/h1-7,9,13-14,22H,8,10-12H2/t13-,14-/m0/s1. The number of benzene rings is 1. The van der Waals surface area contributed by atoms with E-state index in [4.69, 9.17) is 0 Å². The number of para-hydroxylation sites is 1. The largest absolute Gasteiger partial charge is 0.360 e. The minimum atomic E-state index is -0.474. The number of amides is 1. The molecule has 6 nitrogen and oxygen atoms in total. The minimum absolute atomic E-state index is 0.0110. The first-order chi connectivity index (χ1) is 13.1. The Hall–Kier alpha value is -3.15. The van der Waals surface area contributed by atoms with Crippen molar-refractivity contribution in [2.75, 3.05) is 13.1 Å². The molecule has 0 radical (unpaired) electrons. The van der Waals surface area contributed by atoms with Gasteiger partial charge in [-0.05, 0) is 24.5 Å². The van der Waals surface area contributed by atoms with E-state index in [1.165, 1.54) is 0 Å². The number of likely N-dealkylation sites (tertiary alicyclic amines) is 1. The van der Waals surface area contributed by atoms with Crippen molar-refractivity contribution in [3.8, 4) is 0 Å². The van der Waals surface area contributed by atoms with E-state index >= 15 is 0 Å². The molecule has 0 unspecified atom stereocenters. The lowest BCUT2D eigenvalue weighted by Crippen LogP contribution is -2.50. The Morgan fingerprint density at radius 3 is 2.74 bits per heavy atom. The maximum Gasteiger partial charge on any atom is 0.295 e. The smallest absolute Gasteiger partial charge is 0.295 e. The van der Waals surface area contributed by atoms with Gasteiger partial charge < -0.3 is 14.5 Å². The van der Waals surface area contributed by atoms with Gasteiger partial charge in [-0.3, -0.25) is 14.4 Å². The summed E-state index contributed by atoms with van der Waals surface area (Å²) in [6.07, 6.45) is 2.57. The molecule has 1 amide bonds. The lowest BCUT2D eigenvalue weighted by Gasteiger charge is -2.42. The number of aromatic nitrogens is 2. The molecule has 2 atom stereocenters. The number of rotatable bonds is 2. The monoisotopic (exact) mass is 361 g/mol. The normalized spacial score (nSPS) is 21.1. The van der Waals surface area contributed by atoms with Crippen molar-refractivity contribution in [3.63, 3.8) is 0 Å². The Bertz CT molecular complexity index is 1130. The molecule has 2 aromatic heterocycles. The number of H-pyrrole nitrogens is 1. The zero-order valence-corrected chi connectivity index (χ0v) is 14.7. The molecule has 27 heavy (non-hydrogen) atoms. The third kappa shape index (κ3) is 2.51. The molecular weight excluding hydrogens is 342 g/mol. The number of fused-ring (bicyclic) bond motifs is 5. The number of piperidine rings is 1. The van der Waals surface area contributed by atoms with Gasteiger partial charge in [-0.25, -0.2) is 0 Å². The second-order valence-electron chi connectivity index (χ2n) is 7.49. The van der Waals surface area contributed by atoms with Crippen molar-refractivity contribution in [1.29, 1.82) is 0 Å². The van der Waals surface area contributed by atoms with Crippen molar-refractivity contribution in [3.05, 3.63) is 70.3 Å². The van der Waals surface area contributed by atoms with Gasteiger partial charge in [-0.15, -0.1) is 0 Å². The number of ketones is 1. The zero-order valence-electron chi connectivity index (χ0n) is 14.7. The van der Waals surface area contributed by atoms with Crippen molar-refractivity contribution in [2.24, 2.45) is 5.92 Å². The van der Waals surface area contributed by atoms with Crippen LogP contribution in [0.2, 0.25) is 0 Å². The van der Waals surface area contributed by atoms with Crippen LogP contribution < -0.4 is 5.56 Å². The minimum Gasteiger partial charge on any atom is -0.360 e. The van der Waals surface area contributed by atoms with Crippen molar-refractivity contribution >= 4 is 22.6 Å². The second-order valence-corrected chi connectivity index (χ2v) is 7.49. The molecular formula is C21H19N3O3. The van der Waals surface area contributed by atoms with Gasteiger partial charge in [0.15, 0.2) is 0 Å². The van der Waals surface area contributed by atoms with Crippen LogP contribution in [0.1, 0.15) is 28.4 Å². The van der Waals surface area contributed by atoms with Gasteiger partial charge in [-0.1, -0.05) is 24.3 Å². The van der Waals surface area contributed by atoms with E-state index in [1.54, 1.807) is 23.2 Å². The maximum atomic E-state index is 12.9. The highest BCUT2D eigenvalue weighted by molar-refractivity contribution is 6.44. The van der Waals surface area contributed by atoms with Crippen LogP contribution in [0.5, 0.6) is 0 Å². The molecule has 1 aromatic carbocycles. The summed E-state index contributed by atoms with van der Waals surface area (Å²) in [5.74, 6) is -0.624. The number of nitrogens with one attached hydrogen (secondary N) is 1. The molecule has 1 N–H and O–H groups in total. The number of aromatic amines is 1. The van der Waals surface area contributed by atoms with Gasteiger partial charge in [0, 0.05) is 54.4 Å². The summed E-state index contributed by atoms with van der Waals surface area (Å²) in [5.41, 5.74) is 2.24. The van der Waals surface area contributed by atoms with Crippen LogP contribution in [-0.2, 0) is 11.3 Å². The van der Waals surface area contributed by atoms with E-state index in [9.17, 15) is 14.4 Å². The number of Topliss-reactive ketones (excluding diaryl/α,β-unsaturated/α-hetero) is 1. The SMILES string of the molecule is O=C(C(=O)N1C[C@@H]2C[C@@H](C1)c1cccc(=O)n1C2)c1c[nH]c2ccccc12. The van der Waals surface area contributed by atoms with Gasteiger partial charge in [0.25, 0.3) is 17.2 Å². The summed E-state index contributed by atoms with van der Waals surface area (Å²) < 4.78 is 1.82. The Labute approximate surface area is 155 Å². The van der Waals surface area contributed by atoms with Gasteiger partial charge in [0.2, 0.25) is 0 Å². The number of nitrogens with zero attached hydrogens (tertiary/aromatic N) is 2. The second kappa shape index (κ2) is 5.94. The fourth-order valence-electron chi connectivity index (χ4n) is 4.58.